The number of nitrogens with zero attached hydrogens (tertiary/aromatic N) is 1. The molecule has 0 bridgehead atoms. The van der Waals surface area contributed by atoms with Crippen molar-refractivity contribution in [1.82, 2.24) is 4.57 Å². The number of halogens is 1. The molecule has 0 saturated heterocycles. The molecule has 0 fully saturated rings. The lowest BCUT2D eigenvalue weighted by atomic mass is 9.74. The fourth-order valence-corrected chi connectivity index (χ4v) is 3.11. The molecule has 19 heavy (non-hydrogen) atoms. The highest BCUT2D eigenvalue weighted by Gasteiger charge is 2.32. The molecule has 3 rings (SSSR count). The van der Waals surface area contributed by atoms with Gasteiger partial charge >= 0.3 is 0 Å². The van der Waals surface area contributed by atoms with Gasteiger partial charge in [-0.15, -0.1) is 0 Å². The molecule has 1 atom stereocenters. The maximum absolute atomic E-state index is 14.0. The van der Waals surface area contributed by atoms with Crippen LogP contribution in [0.4, 0.5) is 4.39 Å². The number of rotatable bonds is 1. The Kier molecular flexibility index (Phi) is 2.75. The standard InChI is InChI=1S/C16H19FN2/c1-16(2)9-13(18)11-7-8-19(15(11)10-16)14-6-4-3-5-12(14)17/h3-8,13H,9-10,18H2,1-2H3. The van der Waals surface area contributed by atoms with Crippen LogP contribution in [0.5, 0.6) is 0 Å². The number of benzene rings is 1. The summed E-state index contributed by atoms with van der Waals surface area (Å²) >= 11 is 0. The smallest absolute Gasteiger partial charge is 0.147 e. The molecule has 0 aliphatic heterocycles. The van der Waals surface area contributed by atoms with E-state index in [1.165, 1.54) is 6.07 Å². The Bertz CT molecular complexity index is 613. The van der Waals surface area contributed by atoms with Gasteiger partial charge in [-0.3, -0.25) is 0 Å². The van der Waals surface area contributed by atoms with Crippen LogP contribution in [-0.4, -0.2) is 4.57 Å². The molecular formula is C16H19FN2. The number of hydrogen-bond acceptors (Lipinski definition) is 1. The Morgan fingerprint density at radius 3 is 2.74 bits per heavy atom. The van der Waals surface area contributed by atoms with Crippen LogP contribution in [-0.2, 0) is 6.42 Å². The normalized spacial score (nSPS) is 21.2. The van der Waals surface area contributed by atoms with Crippen LogP contribution in [0.3, 0.4) is 0 Å². The van der Waals surface area contributed by atoms with E-state index in [1.54, 1.807) is 6.07 Å². The van der Waals surface area contributed by atoms with Gasteiger partial charge in [-0.25, -0.2) is 4.39 Å². The molecule has 0 radical (unpaired) electrons. The first-order chi connectivity index (χ1) is 8.98. The minimum Gasteiger partial charge on any atom is -0.324 e. The van der Waals surface area contributed by atoms with Crippen molar-refractivity contribution < 1.29 is 4.39 Å². The van der Waals surface area contributed by atoms with E-state index < -0.39 is 0 Å². The van der Waals surface area contributed by atoms with Crippen molar-refractivity contribution in [1.29, 1.82) is 0 Å². The molecule has 1 aliphatic carbocycles. The quantitative estimate of drug-likeness (QED) is 0.832. The lowest BCUT2D eigenvalue weighted by Crippen LogP contribution is -2.30. The summed E-state index contributed by atoms with van der Waals surface area (Å²) in [4.78, 5) is 0. The van der Waals surface area contributed by atoms with E-state index >= 15 is 0 Å². The van der Waals surface area contributed by atoms with E-state index in [0.29, 0.717) is 5.69 Å². The molecule has 2 N–H and O–H groups in total. The Labute approximate surface area is 113 Å². The average molecular weight is 258 g/mol. The van der Waals surface area contributed by atoms with Gasteiger partial charge in [0, 0.05) is 17.9 Å². The second-order valence-electron chi connectivity index (χ2n) is 6.19. The number of aromatic nitrogens is 1. The van der Waals surface area contributed by atoms with Crippen molar-refractivity contribution >= 4 is 0 Å². The van der Waals surface area contributed by atoms with Crippen LogP contribution in [0.1, 0.15) is 37.6 Å². The zero-order chi connectivity index (χ0) is 13.6. The predicted octanol–water partition coefficient (Wildman–Crippen LogP) is 3.59. The highest BCUT2D eigenvalue weighted by molar-refractivity contribution is 5.41. The molecule has 0 amide bonds. The Morgan fingerprint density at radius 2 is 2.00 bits per heavy atom. The van der Waals surface area contributed by atoms with Crippen LogP contribution >= 0.6 is 0 Å². The lowest BCUT2D eigenvalue weighted by Gasteiger charge is -2.34. The van der Waals surface area contributed by atoms with Gasteiger partial charge in [-0.1, -0.05) is 26.0 Å². The highest BCUT2D eigenvalue weighted by atomic mass is 19.1. The molecule has 1 heterocycles. The van der Waals surface area contributed by atoms with Gasteiger partial charge in [0.15, 0.2) is 0 Å². The predicted molar refractivity (Wildman–Crippen MR) is 74.8 cm³/mol. The average Bonchev–Trinajstić information content (AvgIpc) is 2.72. The summed E-state index contributed by atoms with van der Waals surface area (Å²) in [6, 6.07) is 8.95. The van der Waals surface area contributed by atoms with Crippen LogP contribution in [0.2, 0.25) is 0 Å². The molecule has 100 valence electrons. The fourth-order valence-electron chi connectivity index (χ4n) is 3.11. The van der Waals surface area contributed by atoms with Gasteiger partial charge in [0.1, 0.15) is 5.82 Å². The van der Waals surface area contributed by atoms with E-state index in [1.807, 2.05) is 29.0 Å². The van der Waals surface area contributed by atoms with Gasteiger partial charge in [0.25, 0.3) is 0 Å². The van der Waals surface area contributed by atoms with Crippen molar-refractivity contribution in [2.24, 2.45) is 11.1 Å². The topological polar surface area (TPSA) is 30.9 Å². The molecule has 3 heteroatoms. The van der Waals surface area contributed by atoms with Crippen molar-refractivity contribution in [2.75, 3.05) is 0 Å². The molecule has 1 unspecified atom stereocenters. The van der Waals surface area contributed by atoms with Gasteiger partial charge in [-0.2, -0.15) is 0 Å². The summed E-state index contributed by atoms with van der Waals surface area (Å²) in [6.45, 7) is 4.43. The zero-order valence-corrected chi connectivity index (χ0v) is 11.4. The van der Waals surface area contributed by atoms with Gasteiger partial charge < -0.3 is 10.3 Å². The van der Waals surface area contributed by atoms with Crippen molar-refractivity contribution in [3.05, 3.63) is 53.6 Å². The second kappa shape index (κ2) is 4.20. The number of hydrogen-bond donors (Lipinski definition) is 1. The first kappa shape index (κ1) is 12.4. The minimum absolute atomic E-state index is 0.0479. The summed E-state index contributed by atoms with van der Waals surface area (Å²) in [5.74, 6) is -0.196. The number of para-hydroxylation sites is 1. The Morgan fingerprint density at radius 1 is 1.26 bits per heavy atom. The molecule has 1 aromatic heterocycles. The van der Waals surface area contributed by atoms with E-state index in [4.69, 9.17) is 5.73 Å². The minimum atomic E-state index is -0.196. The first-order valence-corrected chi connectivity index (χ1v) is 6.68. The third-order valence-corrected chi connectivity index (χ3v) is 3.96. The molecule has 1 aromatic carbocycles. The largest absolute Gasteiger partial charge is 0.324 e. The van der Waals surface area contributed by atoms with E-state index in [9.17, 15) is 4.39 Å². The molecule has 0 spiro atoms. The first-order valence-electron chi connectivity index (χ1n) is 6.68. The molecule has 2 nitrogen and oxygen atoms in total. The summed E-state index contributed by atoms with van der Waals surface area (Å²) in [5, 5.41) is 0. The van der Waals surface area contributed by atoms with Crippen LogP contribution in [0.15, 0.2) is 36.5 Å². The molecule has 0 saturated carbocycles. The summed E-state index contributed by atoms with van der Waals surface area (Å²) in [5.41, 5.74) is 9.31. The van der Waals surface area contributed by atoms with Gasteiger partial charge in [0.05, 0.1) is 5.69 Å². The fraction of sp³-hybridized carbons (Fsp3) is 0.375. The maximum Gasteiger partial charge on any atom is 0.147 e. The van der Waals surface area contributed by atoms with E-state index in [0.717, 1.165) is 24.1 Å². The highest BCUT2D eigenvalue weighted by Crippen LogP contribution is 2.40. The van der Waals surface area contributed by atoms with Crippen LogP contribution in [0, 0.1) is 11.2 Å². The Hall–Kier alpha value is -1.61. The zero-order valence-electron chi connectivity index (χ0n) is 11.4. The summed E-state index contributed by atoms with van der Waals surface area (Å²) in [7, 11) is 0. The maximum atomic E-state index is 14.0. The SMILES string of the molecule is CC1(C)Cc2c(ccn2-c2ccccc2F)C(N)C1. The Balaban J connectivity index is 2.14. The van der Waals surface area contributed by atoms with Gasteiger partial charge in [0.2, 0.25) is 0 Å². The summed E-state index contributed by atoms with van der Waals surface area (Å²) in [6.07, 6.45) is 3.84. The van der Waals surface area contributed by atoms with Crippen molar-refractivity contribution in [3.63, 3.8) is 0 Å². The van der Waals surface area contributed by atoms with Crippen LogP contribution < -0.4 is 5.73 Å². The molecule has 2 aromatic rings. The molecule has 1 aliphatic rings. The lowest BCUT2D eigenvalue weighted by molar-refractivity contribution is 0.278. The number of fused-ring (bicyclic) bond motifs is 1. The molecular weight excluding hydrogens is 239 g/mol. The van der Waals surface area contributed by atoms with Crippen molar-refractivity contribution in [3.8, 4) is 5.69 Å². The van der Waals surface area contributed by atoms with Crippen LogP contribution in [0.25, 0.3) is 5.69 Å². The van der Waals surface area contributed by atoms with Gasteiger partial charge in [-0.05, 0) is 42.0 Å². The number of nitrogens with two attached hydrogens (primary N) is 1. The third-order valence-electron chi connectivity index (χ3n) is 3.96. The monoisotopic (exact) mass is 258 g/mol. The van der Waals surface area contributed by atoms with E-state index in [-0.39, 0.29) is 17.3 Å². The van der Waals surface area contributed by atoms with E-state index in [2.05, 4.69) is 13.8 Å². The van der Waals surface area contributed by atoms with Crippen molar-refractivity contribution in [2.45, 2.75) is 32.7 Å². The summed E-state index contributed by atoms with van der Waals surface area (Å²) < 4.78 is 15.9. The second-order valence-corrected chi connectivity index (χ2v) is 6.19. The third kappa shape index (κ3) is 2.08.